The summed E-state index contributed by atoms with van der Waals surface area (Å²) in [6.45, 7) is 1.11. The van der Waals surface area contributed by atoms with Crippen molar-refractivity contribution >= 4 is 36.4 Å². The summed E-state index contributed by atoms with van der Waals surface area (Å²) in [4.78, 5) is 4.06. The van der Waals surface area contributed by atoms with E-state index in [0.29, 0.717) is 6.04 Å². The number of halogens is 3. The lowest BCUT2D eigenvalue weighted by atomic mass is 10.1. The Morgan fingerprint density at radius 3 is 2.71 bits per heavy atom. The molecule has 0 spiro atoms. The summed E-state index contributed by atoms with van der Waals surface area (Å²) < 4.78 is 0. The summed E-state index contributed by atoms with van der Waals surface area (Å²) in [7, 11) is 0. The number of aromatic nitrogens is 1. The molecule has 2 heterocycles. The Kier molecular flexibility index (Phi) is 6.45. The van der Waals surface area contributed by atoms with Crippen molar-refractivity contribution < 1.29 is 0 Å². The maximum Gasteiger partial charge on any atom is 0.0592 e. The van der Waals surface area contributed by atoms with Crippen LogP contribution in [0.2, 0.25) is 5.02 Å². The van der Waals surface area contributed by atoms with E-state index in [2.05, 4.69) is 10.3 Å². The van der Waals surface area contributed by atoms with Gasteiger partial charge < -0.3 is 5.32 Å². The monoisotopic (exact) mass is 254 g/mol. The van der Waals surface area contributed by atoms with Crippen LogP contribution in [0.4, 0.5) is 0 Å². The molecule has 0 unspecified atom stereocenters. The summed E-state index contributed by atoms with van der Waals surface area (Å²) >= 11 is 5.83. The van der Waals surface area contributed by atoms with Crippen molar-refractivity contribution in [2.24, 2.45) is 0 Å². The Hall–Kier alpha value is -0.0200. The Morgan fingerprint density at radius 1 is 1.36 bits per heavy atom. The van der Waals surface area contributed by atoms with Gasteiger partial charge in [-0.05, 0) is 31.0 Å². The molecule has 0 radical (unpaired) electrons. The second-order valence-electron chi connectivity index (χ2n) is 3.09. The molecule has 80 valence electrons. The Balaban J connectivity index is 0.000000845. The lowest BCUT2D eigenvalue weighted by Crippen LogP contribution is -2.12. The lowest BCUT2D eigenvalue weighted by molar-refractivity contribution is 0.645. The highest BCUT2D eigenvalue weighted by atomic mass is 35.5. The highest BCUT2D eigenvalue weighted by Crippen LogP contribution is 2.23. The fourth-order valence-electron chi connectivity index (χ4n) is 1.59. The van der Waals surface area contributed by atoms with Crippen LogP contribution >= 0.6 is 36.4 Å². The van der Waals surface area contributed by atoms with Gasteiger partial charge in [0.1, 0.15) is 0 Å². The van der Waals surface area contributed by atoms with Gasteiger partial charge in [0.2, 0.25) is 0 Å². The molecule has 1 N–H and O–H groups in total. The van der Waals surface area contributed by atoms with Crippen LogP contribution in [0.5, 0.6) is 0 Å². The van der Waals surface area contributed by atoms with E-state index >= 15 is 0 Å². The van der Waals surface area contributed by atoms with E-state index in [1.54, 1.807) is 6.20 Å². The fraction of sp³-hybridized carbons (Fsp3) is 0.444. The Morgan fingerprint density at radius 2 is 2.14 bits per heavy atom. The van der Waals surface area contributed by atoms with Crippen LogP contribution in [-0.4, -0.2) is 11.5 Å². The molecule has 0 bridgehead atoms. The number of hydrogen-bond acceptors (Lipinski definition) is 2. The minimum Gasteiger partial charge on any atom is -0.310 e. The third-order valence-corrected chi connectivity index (χ3v) is 2.40. The molecule has 0 aromatic carbocycles. The lowest BCUT2D eigenvalue weighted by Gasteiger charge is -2.09. The second kappa shape index (κ2) is 6.46. The van der Waals surface area contributed by atoms with E-state index in [1.165, 1.54) is 18.4 Å². The summed E-state index contributed by atoms with van der Waals surface area (Å²) in [5, 5.41) is 4.12. The number of pyridine rings is 1. The highest BCUT2D eigenvalue weighted by Gasteiger charge is 2.15. The molecule has 0 saturated carbocycles. The molecule has 1 aromatic rings. The fourth-order valence-corrected chi connectivity index (χ4v) is 1.77. The third-order valence-electron chi connectivity index (χ3n) is 2.19. The number of nitrogens with one attached hydrogen (secondary N) is 1. The van der Waals surface area contributed by atoms with Crippen LogP contribution in [0.25, 0.3) is 0 Å². The summed E-state index contributed by atoms with van der Waals surface area (Å²) in [6.07, 6.45) is 5.99. The normalized spacial score (nSPS) is 19.6. The van der Waals surface area contributed by atoms with Gasteiger partial charge in [-0.25, -0.2) is 0 Å². The number of hydrogen-bond donors (Lipinski definition) is 1. The van der Waals surface area contributed by atoms with E-state index in [-0.39, 0.29) is 24.8 Å². The third kappa shape index (κ3) is 3.28. The van der Waals surface area contributed by atoms with Gasteiger partial charge in [0.15, 0.2) is 0 Å². The molecule has 1 saturated heterocycles. The highest BCUT2D eigenvalue weighted by molar-refractivity contribution is 6.30. The molecule has 14 heavy (non-hydrogen) atoms. The molecule has 0 aliphatic carbocycles. The quantitative estimate of drug-likeness (QED) is 0.834. The first-order valence-corrected chi connectivity index (χ1v) is 4.58. The van der Waals surface area contributed by atoms with Gasteiger partial charge in [0, 0.05) is 18.4 Å². The first-order valence-electron chi connectivity index (χ1n) is 4.20. The molecular formula is C9H13Cl3N2. The van der Waals surface area contributed by atoms with Gasteiger partial charge >= 0.3 is 0 Å². The van der Waals surface area contributed by atoms with Crippen molar-refractivity contribution in [1.82, 2.24) is 10.3 Å². The van der Waals surface area contributed by atoms with Gasteiger partial charge in [-0.2, -0.15) is 0 Å². The zero-order chi connectivity index (χ0) is 8.39. The molecule has 1 aliphatic heterocycles. The first-order chi connectivity index (χ1) is 5.86. The molecule has 1 aromatic heterocycles. The molecule has 2 nitrogen and oxygen atoms in total. The molecule has 1 fully saturated rings. The number of rotatable bonds is 1. The van der Waals surface area contributed by atoms with E-state index in [4.69, 9.17) is 11.6 Å². The van der Waals surface area contributed by atoms with Crippen molar-refractivity contribution in [1.29, 1.82) is 0 Å². The Bertz CT molecular complexity index is 275. The minimum atomic E-state index is 0. The smallest absolute Gasteiger partial charge is 0.0592 e. The van der Waals surface area contributed by atoms with Gasteiger partial charge in [-0.3, -0.25) is 4.98 Å². The summed E-state index contributed by atoms with van der Waals surface area (Å²) in [6, 6.07) is 2.45. The van der Waals surface area contributed by atoms with Crippen molar-refractivity contribution in [3.05, 3.63) is 29.0 Å². The van der Waals surface area contributed by atoms with Crippen LogP contribution in [0.15, 0.2) is 18.5 Å². The zero-order valence-corrected chi connectivity index (χ0v) is 9.96. The summed E-state index contributed by atoms with van der Waals surface area (Å²) in [5.41, 5.74) is 1.21. The first kappa shape index (κ1) is 14.0. The van der Waals surface area contributed by atoms with Gasteiger partial charge in [0.25, 0.3) is 0 Å². The van der Waals surface area contributed by atoms with Crippen LogP contribution in [0.1, 0.15) is 24.4 Å². The zero-order valence-electron chi connectivity index (χ0n) is 7.57. The minimum absolute atomic E-state index is 0. The molecule has 1 atom stereocenters. The van der Waals surface area contributed by atoms with Gasteiger partial charge in [0.05, 0.1) is 5.02 Å². The SMILES string of the molecule is Cl.Cl.Clc1cncc([C@H]2CCCN2)c1. The second-order valence-corrected chi connectivity index (χ2v) is 3.52. The Labute approximate surface area is 101 Å². The van der Waals surface area contributed by atoms with Crippen LogP contribution in [0.3, 0.4) is 0 Å². The maximum absolute atomic E-state index is 5.83. The molecule has 2 rings (SSSR count). The topological polar surface area (TPSA) is 24.9 Å². The van der Waals surface area contributed by atoms with Crippen molar-refractivity contribution in [3.63, 3.8) is 0 Å². The van der Waals surface area contributed by atoms with Gasteiger partial charge in [-0.15, -0.1) is 24.8 Å². The maximum atomic E-state index is 5.83. The van der Waals surface area contributed by atoms with Gasteiger partial charge in [-0.1, -0.05) is 11.6 Å². The standard InChI is InChI=1S/C9H11ClN2.2ClH/c10-8-4-7(5-11-6-8)9-2-1-3-12-9;;/h4-6,9,12H,1-3H2;2*1H/t9-;;/m1../s1. The van der Waals surface area contributed by atoms with E-state index in [1.807, 2.05) is 12.3 Å². The van der Waals surface area contributed by atoms with Crippen LogP contribution in [0, 0.1) is 0 Å². The number of nitrogens with zero attached hydrogens (tertiary/aromatic N) is 1. The molecule has 1 aliphatic rings. The molecule has 0 amide bonds. The molecule has 5 heteroatoms. The van der Waals surface area contributed by atoms with Crippen molar-refractivity contribution in [3.8, 4) is 0 Å². The van der Waals surface area contributed by atoms with E-state index in [9.17, 15) is 0 Å². The van der Waals surface area contributed by atoms with E-state index in [0.717, 1.165) is 11.6 Å². The van der Waals surface area contributed by atoms with Crippen molar-refractivity contribution in [2.45, 2.75) is 18.9 Å². The average molecular weight is 256 g/mol. The molecular weight excluding hydrogens is 242 g/mol. The largest absolute Gasteiger partial charge is 0.310 e. The predicted molar refractivity (Wildman–Crippen MR) is 63.7 cm³/mol. The summed E-state index contributed by atoms with van der Waals surface area (Å²) in [5.74, 6) is 0. The van der Waals surface area contributed by atoms with Crippen LogP contribution in [-0.2, 0) is 0 Å². The van der Waals surface area contributed by atoms with Crippen LogP contribution < -0.4 is 5.32 Å². The van der Waals surface area contributed by atoms with Crippen molar-refractivity contribution in [2.75, 3.05) is 6.54 Å². The predicted octanol–water partition coefficient (Wildman–Crippen LogP) is 3.00. The van der Waals surface area contributed by atoms with E-state index < -0.39 is 0 Å². The average Bonchev–Trinajstić information content (AvgIpc) is 2.56.